The van der Waals surface area contributed by atoms with Gasteiger partial charge < -0.3 is 9.26 Å². The SMILES string of the molecule is Cc1noc([C@@H]2COCCN2C/C=C/c2ccccc2)n1. The van der Waals surface area contributed by atoms with Crippen LogP contribution in [0.1, 0.15) is 23.3 Å². The Labute approximate surface area is 124 Å². The second kappa shape index (κ2) is 6.65. The van der Waals surface area contributed by atoms with Crippen LogP contribution < -0.4 is 0 Å². The molecule has 2 aromatic rings. The maximum atomic E-state index is 5.55. The molecule has 2 heterocycles. The lowest BCUT2D eigenvalue weighted by atomic mass is 10.2. The number of aromatic nitrogens is 2. The van der Waals surface area contributed by atoms with Crippen molar-refractivity contribution in [2.75, 3.05) is 26.3 Å². The van der Waals surface area contributed by atoms with Gasteiger partial charge in [-0.05, 0) is 12.5 Å². The Balaban J connectivity index is 1.66. The van der Waals surface area contributed by atoms with E-state index in [1.165, 1.54) is 5.56 Å². The summed E-state index contributed by atoms with van der Waals surface area (Å²) < 4.78 is 10.8. The minimum absolute atomic E-state index is 0.0420. The summed E-state index contributed by atoms with van der Waals surface area (Å²) in [6.45, 7) is 4.87. The van der Waals surface area contributed by atoms with E-state index in [-0.39, 0.29) is 6.04 Å². The van der Waals surface area contributed by atoms with E-state index in [1.54, 1.807) is 0 Å². The second-order valence-corrected chi connectivity index (χ2v) is 5.08. The number of morpholine rings is 1. The monoisotopic (exact) mass is 285 g/mol. The molecule has 110 valence electrons. The van der Waals surface area contributed by atoms with Crippen molar-refractivity contribution in [2.24, 2.45) is 0 Å². The van der Waals surface area contributed by atoms with Crippen molar-refractivity contribution in [3.63, 3.8) is 0 Å². The largest absolute Gasteiger partial charge is 0.378 e. The number of hydrogen-bond donors (Lipinski definition) is 0. The molecule has 1 atom stereocenters. The van der Waals surface area contributed by atoms with Gasteiger partial charge in [0.1, 0.15) is 6.04 Å². The lowest BCUT2D eigenvalue weighted by Crippen LogP contribution is -2.39. The second-order valence-electron chi connectivity index (χ2n) is 5.08. The molecule has 1 aliphatic heterocycles. The Hall–Kier alpha value is -1.98. The van der Waals surface area contributed by atoms with Crippen LogP contribution in [0.3, 0.4) is 0 Å². The molecule has 0 saturated carbocycles. The van der Waals surface area contributed by atoms with Crippen molar-refractivity contribution in [3.8, 4) is 0 Å². The summed E-state index contributed by atoms with van der Waals surface area (Å²) in [7, 11) is 0. The van der Waals surface area contributed by atoms with Crippen molar-refractivity contribution in [3.05, 3.63) is 53.7 Å². The van der Waals surface area contributed by atoms with E-state index < -0.39 is 0 Å². The molecule has 21 heavy (non-hydrogen) atoms. The van der Waals surface area contributed by atoms with Crippen LogP contribution in [-0.2, 0) is 4.74 Å². The topological polar surface area (TPSA) is 51.4 Å². The van der Waals surface area contributed by atoms with E-state index in [9.17, 15) is 0 Å². The van der Waals surface area contributed by atoms with Gasteiger partial charge in [0.25, 0.3) is 0 Å². The molecule has 0 spiro atoms. The number of benzene rings is 1. The lowest BCUT2D eigenvalue weighted by molar-refractivity contribution is -0.0141. The smallest absolute Gasteiger partial charge is 0.246 e. The normalized spacial score (nSPS) is 20.1. The van der Waals surface area contributed by atoms with Gasteiger partial charge in [-0.25, -0.2) is 0 Å². The number of ether oxygens (including phenoxy) is 1. The van der Waals surface area contributed by atoms with Gasteiger partial charge in [-0.15, -0.1) is 0 Å². The summed E-state index contributed by atoms with van der Waals surface area (Å²) in [6, 6.07) is 10.3. The molecule has 1 aromatic heterocycles. The van der Waals surface area contributed by atoms with Crippen LogP contribution in [0, 0.1) is 6.92 Å². The van der Waals surface area contributed by atoms with E-state index in [4.69, 9.17) is 9.26 Å². The van der Waals surface area contributed by atoms with Gasteiger partial charge in [-0.1, -0.05) is 47.6 Å². The molecule has 5 heteroatoms. The van der Waals surface area contributed by atoms with Gasteiger partial charge in [0.05, 0.1) is 13.2 Å². The Morgan fingerprint density at radius 1 is 1.33 bits per heavy atom. The standard InChI is InChI=1S/C16H19N3O2/c1-13-17-16(21-18-13)15-12-20-11-10-19(15)9-5-8-14-6-3-2-4-7-14/h2-8,15H,9-12H2,1H3/b8-5+/t15-/m0/s1. The first-order chi connectivity index (χ1) is 10.3. The van der Waals surface area contributed by atoms with Gasteiger partial charge in [-0.3, -0.25) is 4.90 Å². The summed E-state index contributed by atoms with van der Waals surface area (Å²) in [5.41, 5.74) is 1.20. The third-order valence-corrected chi connectivity index (χ3v) is 3.52. The number of aryl methyl sites for hydroxylation is 1. The average Bonchev–Trinajstić information content (AvgIpc) is 2.95. The highest BCUT2D eigenvalue weighted by Gasteiger charge is 2.28. The number of hydrogen-bond acceptors (Lipinski definition) is 5. The van der Waals surface area contributed by atoms with E-state index >= 15 is 0 Å². The van der Waals surface area contributed by atoms with Crippen molar-refractivity contribution in [1.82, 2.24) is 15.0 Å². The highest BCUT2D eigenvalue weighted by atomic mass is 16.5. The third kappa shape index (κ3) is 3.56. The van der Waals surface area contributed by atoms with Crippen LogP contribution in [0.4, 0.5) is 0 Å². The van der Waals surface area contributed by atoms with Crippen LogP contribution in [-0.4, -0.2) is 41.3 Å². The number of nitrogens with zero attached hydrogens (tertiary/aromatic N) is 3. The van der Waals surface area contributed by atoms with E-state index in [0.29, 0.717) is 18.3 Å². The molecule has 0 N–H and O–H groups in total. The first-order valence-corrected chi connectivity index (χ1v) is 7.16. The van der Waals surface area contributed by atoms with Crippen molar-refractivity contribution >= 4 is 6.08 Å². The van der Waals surface area contributed by atoms with Gasteiger partial charge in [0.2, 0.25) is 5.89 Å². The summed E-state index contributed by atoms with van der Waals surface area (Å²) in [5, 5.41) is 3.87. The maximum absolute atomic E-state index is 5.55. The molecular weight excluding hydrogens is 266 g/mol. The van der Waals surface area contributed by atoms with Gasteiger partial charge in [0, 0.05) is 13.1 Å². The molecule has 0 aliphatic carbocycles. The molecule has 0 unspecified atom stereocenters. The van der Waals surface area contributed by atoms with Gasteiger partial charge >= 0.3 is 0 Å². The summed E-state index contributed by atoms with van der Waals surface area (Å²) in [4.78, 5) is 6.63. The van der Waals surface area contributed by atoms with E-state index in [0.717, 1.165) is 19.7 Å². The zero-order valence-electron chi connectivity index (χ0n) is 12.1. The maximum Gasteiger partial charge on any atom is 0.246 e. The molecule has 3 rings (SSSR count). The Morgan fingerprint density at radius 2 is 2.19 bits per heavy atom. The lowest BCUT2D eigenvalue weighted by Gasteiger charge is -2.32. The number of rotatable bonds is 4. The zero-order valence-corrected chi connectivity index (χ0v) is 12.1. The molecule has 5 nitrogen and oxygen atoms in total. The fourth-order valence-corrected chi connectivity index (χ4v) is 2.42. The highest BCUT2D eigenvalue weighted by molar-refractivity contribution is 5.48. The Kier molecular flexibility index (Phi) is 4.43. The summed E-state index contributed by atoms with van der Waals surface area (Å²) in [5.74, 6) is 1.30. The first-order valence-electron chi connectivity index (χ1n) is 7.16. The molecule has 1 fully saturated rings. The fourth-order valence-electron chi connectivity index (χ4n) is 2.42. The zero-order chi connectivity index (χ0) is 14.5. The minimum atomic E-state index is 0.0420. The summed E-state index contributed by atoms with van der Waals surface area (Å²) >= 11 is 0. The quantitative estimate of drug-likeness (QED) is 0.863. The predicted molar refractivity (Wildman–Crippen MR) is 79.6 cm³/mol. The average molecular weight is 285 g/mol. The van der Waals surface area contributed by atoms with Gasteiger partial charge in [-0.2, -0.15) is 4.98 Å². The van der Waals surface area contributed by atoms with E-state index in [1.807, 2.05) is 25.1 Å². The van der Waals surface area contributed by atoms with Crippen molar-refractivity contribution in [2.45, 2.75) is 13.0 Å². The molecule has 1 aromatic carbocycles. The minimum Gasteiger partial charge on any atom is -0.378 e. The Bertz CT molecular complexity index is 595. The summed E-state index contributed by atoms with van der Waals surface area (Å²) in [6.07, 6.45) is 4.29. The van der Waals surface area contributed by atoms with Crippen LogP contribution in [0.5, 0.6) is 0 Å². The molecular formula is C16H19N3O2. The predicted octanol–water partition coefficient (Wildman–Crippen LogP) is 2.46. The van der Waals surface area contributed by atoms with Crippen molar-refractivity contribution < 1.29 is 9.26 Å². The van der Waals surface area contributed by atoms with Crippen molar-refractivity contribution in [1.29, 1.82) is 0 Å². The van der Waals surface area contributed by atoms with E-state index in [2.05, 4.69) is 39.3 Å². The molecule has 0 amide bonds. The Morgan fingerprint density at radius 3 is 2.95 bits per heavy atom. The molecule has 0 bridgehead atoms. The first kappa shape index (κ1) is 14.0. The van der Waals surface area contributed by atoms with Crippen LogP contribution in [0.2, 0.25) is 0 Å². The third-order valence-electron chi connectivity index (χ3n) is 3.52. The van der Waals surface area contributed by atoms with Crippen LogP contribution in [0.15, 0.2) is 40.9 Å². The van der Waals surface area contributed by atoms with Gasteiger partial charge in [0.15, 0.2) is 5.82 Å². The van der Waals surface area contributed by atoms with Crippen LogP contribution >= 0.6 is 0 Å². The van der Waals surface area contributed by atoms with Crippen LogP contribution in [0.25, 0.3) is 6.08 Å². The molecule has 1 saturated heterocycles. The fraction of sp³-hybridized carbons (Fsp3) is 0.375. The highest BCUT2D eigenvalue weighted by Crippen LogP contribution is 2.22. The molecule has 1 aliphatic rings. The molecule has 0 radical (unpaired) electrons.